The minimum atomic E-state index is -2.20. The van der Waals surface area contributed by atoms with E-state index in [9.17, 15) is 0 Å². The molecule has 3 heterocycles. The van der Waals surface area contributed by atoms with Crippen LogP contribution in [0.3, 0.4) is 0 Å². The Morgan fingerprint density at radius 3 is 3.00 bits per heavy atom. The molecule has 0 atom stereocenters. The van der Waals surface area contributed by atoms with E-state index in [0.717, 1.165) is 46.4 Å². The zero-order valence-corrected chi connectivity index (χ0v) is 13.8. The molecule has 0 spiro atoms. The molecule has 2 aromatic heterocycles. The van der Waals surface area contributed by atoms with Crippen molar-refractivity contribution >= 4 is 10.9 Å². The number of rotatable bonds is 3. The van der Waals surface area contributed by atoms with Crippen molar-refractivity contribution in [3.05, 3.63) is 64.6 Å². The predicted octanol–water partition coefficient (Wildman–Crippen LogP) is 3.88. The normalized spacial score (nSPS) is 19.7. The van der Waals surface area contributed by atoms with Crippen molar-refractivity contribution in [2.24, 2.45) is 0 Å². The van der Waals surface area contributed by atoms with E-state index >= 15 is 0 Å². The highest BCUT2D eigenvalue weighted by Crippen LogP contribution is 2.31. The molecule has 4 rings (SSSR count). The highest BCUT2D eigenvalue weighted by Gasteiger charge is 2.22. The Morgan fingerprint density at radius 2 is 2.21 bits per heavy atom. The topological polar surface area (TPSA) is 21.1 Å². The van der Waals surface area contributed by atoms with E-state index in [1.54, 1.807) is 12.1 Å². The maximum Gasteiger partial charge on any atom is 0.0486 e. The molecule has 0 fully saturated rings. The third-order valence-corrected chi connectivity index (χ3v) is 4.85. The minimum absolute atomic E-state index is 0.281. The molecule has 0 radical (unpaired) electrons. The summed E-state index contributed by atoms with van der Waals surface area (Å²) < 4.78 is 48.9. The van der Waals surface area contributed by atoms with Gasteiger partial charge in [0.05, 0.1) is 0 Å². The average Bonchev–Trinajstić information content (AvgIpc) is 2.99. The molecule has 0 amide bonds. The molecule has 1 aromatic carbocycles. The Hall–Kier alpha value is -2.13. The largest absolute Gasteiger partial charge is 0.344 e. The first-order chi connectivity index (χ1) is 14.0. The highest BCUT2D eigenvalue weighted by atomic mass is 15.1. The zero-order chi connectivity index (χ0) is 21.7. The zero-order valence-electron chi connectivity index (χ0n) is 19.8. The van der Waals surface area contributed by atoms with Crippen LogP contribution >= 0.6 is 0 Å². The van der Waals surface area contributed by atoms with Gasteiger partial charge >= 0.3 is 0 Å². The second kappa shape index (κ2) is 6.06. The Bertz CT molecular complexity index is 1060. The van der Waals surface area contributed by atoms with Crippen LogP contribution in [0.5, 0.6) is 0 Å². The van der Waals surface area contributed by atoms with Gasteiger partial charge in [-0.1, -0.05) is 17.7 Å². The van der Waals surface area contributed by atoms with Gasteiger partial charge in [0.1, 0.15) is 0 Å². The molecule has 1 aliphatic heterocycles. The van der Waals surface area contributed by atoms with Crippen LogP contribution in [0.4, 0.5) is 0 Å². The van der Waals surface area contributed by atoms with Crippen molar-refractivity contribution < 1.29 is 8.22 Å². The standard InChI is InChI=1S/C21H25N3/c1-15-4-7-20-18(12-15)19-14-23(3)10-9-21(19)24(20)11-8-17-6-5-16(2)22-13-17/h4-7,12-13H,8-11,14H2,1-3H3/i1D3,3D3. The van der Waals surface area contributed by atoms with Crippen molar-refractivity contribution in [1.29, 1.82) is 0 Å². The van der Waals surface area contributed by atoms with E-state index in [1.165, 1.54) is 4.90 Å². The van der Waals surface area contributed by atoms with Crippen LogP contribution in [0.15, 0.2) is 36.5 Å². The van der Waals surface area contributed by atoms with Crippen molar-refractivity contribution in [1.82, 2.24) is 14.5 Å². The molecule has 0 aliphatic carbocycles. The van der Waals surface area contributed by atoms with Gasteiger partial charge in [-0.25, -0.2) is 0 Å². The van der Waals surface area contributed by atoms with E-state index in [0.29, 0.717) is 19.5 Å². The molecule has 3 nitrogen and oxygen atoms in total. The van der Waals surface area contributed by atoms with Gasteiger partial charge in [-0.3, -0.25) is 4.98 Å². The predicted molar refractivity (Wildman–Crippen MR) is 99.4 cm³/mol. The van der Waals surface area contributed by atoms with Crippen molar-refractivity contribution in [2.75, 3.05) is 13.5 Å². The van der Waals surface area contributed by atoms with Crippen LogP contribution in [0.25, 0.3) is 10.9 Å². The maximum atomic E-state index is 7.79. The monoisotopic (exact) mass is 325 g/mol. The van der Waals surface area contributed by atoms with Crippen LogP contribution in [-0.2, 0) is 25.9 Å². The summed E-state index contributed by atoms with van der Waals surface area (Å²) in [6.07, 6.45) is 3.31. The Labute approximate surface area is 152 Å². The summed E-state index contributed by atoms with van der Waals surface area (Å²) in [4.78, 5) is 5.85. The highest BCUT2D eigenvalue weighted by molar-refractivity contribution is 5.86. The number of pyridine rings is 1. The molecular weight excluding hydrogens is 294 g/mol. The van der Waals surface area contributed by atoms with Gasteiger partial charge in [0.25, 0.3) is 0 Å². The van der Waals surface area contributed by atoms with E-state index in [1.807, 2.05) is 25.3 Å². The number of fused-ring (bicyclic) bond motifs is 3. The van der Waals surface area contributed by atoms with Crippen LogP contribution in [0.2, 0.25) is 0 Å². The number of aromatic nitrogens is 2. The lowest BCUT2D eigenvalue weighted by Crippen LogP contribution is -2.27. The van der Waals surface area contributed by atoms with E-state index in [4.69, 9.17) is 8.22 Å². The fraction of sp³-hybridized carbons (Fsp3) is 0.381. The molecule has 3 aromatic rings. The molecule has 0 saturated heterocycles. The molecule has 0 N–H and O–H groups in total. The summed E-state index contributed by atoms with van der Waals surface area (Å²) in [5.41, 5.74) is 5.39. The Balaban J connectivity index is 1.77. The molecule has 24 heavy (non-hydrogen) atoms. The molecule has 0 unspecified atom stereocenters. The molecule has 124 valence electrons. The van der Waals surface area contributed by atoms with Gasteiger partial charge < -0.3 is 9.47 Å². The number of aryl methyl sites for hydroxylation is 4. The first-order valence-corrected chi connectivity index (χ1v) is 8.35. The fourth-order valence-electron chi connectivity index (χ4n) is 3.59. The number of hydrogen-bond donors (Lipinski definition) is 0. The van der Waals surface area contributed by atoms with Crippen molar-refractivity contribution in [3.63, 3.8) is 0 Å². The molecule has 0 bridgehead atoms. The second-order valence-corrected chi connectivity index (χ2v) is 6.54. The first-order valence-electron chi connectivity index (χ1n) is 11.3. The summed E-state index contributed by atoms with van der Waals surface area (Å²) in [5, 5.41) is 0.842. The number of benzene rings is 1. The first kappa shape index (κ1) is 10.00. The van der Waals surface area contributed by atoms with E-state index in [-0.39, 0.29) is 5.56 Å². The maximum absolute atomic E-state index is 7.79. The molecule has 0 saturated carbocycles. The fourth-order valence-corrected chi connectivity index (χ4v) is 3.59. The van der Waals surface area contributed by atoms with Crippen LogP contribution < -0.4 is 0 Å². The van der Waals surface area contributed by atoms with Crippen molar-refractivity contribution in [2.45, 2.75) is 39.7 Å². The number of nitrogens with zero attached hydrogens (tertiary/aromatic N) is 3. The average molecular weight is 325 g/mol. The smallest absolute Gasteiger partial charge is 0.0486 e. The molecular formula is C21H25N3. The summed E-state index contributed by atoms with van der Waals surface area (Å²) >= 11 is 0. The summed E-state index contributed by atoms with van der Waals surface area (Å²) in [6.45, 7) is -0.920. The number of likely N-dealkylation sites (N-methyl/N-ethyl adjacent to an activating group) is 1. The molecule has 1 aliphatic rings. The van der Waals surface area contributed by atoms with Crippen LogP contribution in [-0.4, -0.2) is 28.0 Å². The number of hydrogen-bond acceptors (Lipinski definition) is 2. The summed E-state index contributed by atoms with van der Waals surface area (Å²) in [5.74, 6) is 0. The van der Waals surface area contributed by atoms with Gasteiger partial charge in [-0.05, 0) is 56.5 Å². The van der Waals surface area contributed by atoms with Gasteiger partial charge in [0, 0.05) is 62.8 Å². The second-order valence-electron chi connectivity index (χ2n) is 6.54. The Morgan fingerprint density at radius 1 is 1.25 bits per heavy atom. The van der Waals surface area contributed by atoms with Crippen LogP contribution in [0.1, 0.15) is 36.3 Å². The lowest BCUT2D eigenvalue weighted by atomic mass is 10.0. The van der Waals surface area contributed by atoms with Gasteiger partial charge in [0.2, 0.25) is 0 Å². The molecule has 3 heteroatoms. The van der Waals surface area contributed by atoms with Gasteiger partial charge in [0.15, 0.2) is 0 Å². The van der Waals surface area contributed by atoms with E-state index < -0.39 is 13.8 Å². The van der Waals surface area contributed by atoms with Crippen LogP contribution in [0, 0.1) is 13.8 Å². The lowest BCUT2D eigenvalue weighted by Gasteiger charge is -2.24. The third kappa shape index (κ3) is 2.73. The van der Waals surface area contributed by atoms with Crippen molar-refractivity contribution in [3.8, 4) is 0 Å². The third-order valence-electron chi connectivity index (χ3n) is 4.85. The lowest BCUT2D eigenvalue weighted by molar-refractivity contribution is 0.309. The minimum Gasteiger partial charge on any atom is -0.344 e. The summed E-state index contributed by atoms with van der Waals surface area (Å²) in [7, 11) is 0. The van der Waals surface area contributed by atoms with Gasteiger partial charge in [-0.15, -0.1) is 0 Å². The Kier molecular flexibility index (Phi) is 2.52. The van der Waals surface area contributed by atoms with E-state index in [2.05, 4.69) is 15.6 Å². The quantitative estimate of drug-likeness (QED) is 0.728. The summed E-state index contributed by atoms with van der Waals surface area (Å²) in [6, 6.07) is 9.31. The van der Waals surface area contributed by atoms with Gasteiger partial charge in [-0.2, -0.15) is 0 Å². The SMILES string of the molecule is [2H]C([2H])([2H])c1ccc2c(c1)c1c(n2CCc2ccc(C)nc2)CCN(C([2H])([2H])[2H])C1.